The molecule has 1 rings (SSSR count). The molecule has 0 atom stereocenters. The van der Waals surface area contributed by atoms with Crippen molar-refractivity contribution in [3.63, 3.8) is 0 Å². The van der Waals surface area contributed by atoms with Crippen molar-refractivity contribution in [3.05, 3.63) is 29.3 Å². The predicted octanol–water partition coefficient (Wildman–Crippen LogP) is 2.29. The number of alkyl halides is 1. The van der Waals surface area contributed by atoms with E-state index in [1.54, 1.807) is 12.1 Å². The van der Waals surface area contributed by atoms with Gasteiger partial charge in [0.05, 0.1) is 5.88 Å². The minimum absolute atomic E-state index is 0.274. The Hall–Kier alpha value is -1.13. The van der Waals surface area contributed by atoms with Crippen molar-refractivity contribution in [2.24, 2.45) is 0 Å². The van der Waals surface area contributed by atoms with Crippen LogP contribution in [0.5, 0.6) is 5.75 Å². The molecule has 0 radical (unpaired) electrons. The Kier molecular flexibility index (Phi) is 3.01. The molecule has 0 heterocycles. The summed E-state index contributed by atoms with van der Waals surface area (Å²) in [5.74, 6) is 6.19. The Balaban J connectivity index is 3.08. The van der Waals surface area contributed by atoms with Gasteiger partial charge in [-0.2, -0.15) is 0 Å². The fraction of sp³-hybridized carbons (Fsp3) is 0.200. The molecule has 0 aliphatic heterocycles. The molecule has 12 heavy (non-hydrogen) atoms. The lowest BCUT2D eigenvalue weighted by Crippen LogP contribution is -1.81. The summed E-state index contributed by atoms with van der Waals surface area (Å²) in [5, 5.41) is 9.30. The van der Waals surface area contributed by atoms with E-state index in [0.29, 0.717) is 5.88 Å². The minimum Gasteiger partial charge on any atom is -0.508 e. The highest BCUT2D eigenvalue weighted by Crippen LogP contribution is 2.18. The SMILES string of the molecule is Cc1c(O)cccc1C#CCCl. The Morgan fingerprint density at radius 2 is 2.25 bits per heavy atom. The van der Waals surface area contributed by atoms with E-state index in [0.717, 1.165) is 11.1 Å². The molecule has 1 nitrogen and oxygen atoms in total. The molecule has 0 unspecified atom stereocenters. The van der Waals surface area contributed by atoms with Gasteiger partial charge < -0.3 is 5.11 Å². The maximum Gasteiger partial charge on any atom is 0.119 e. The summed E-state index contributed by atoms with van der Waals surface area (Å²) >= 11 is 5.41. The molecule has 62 valence electrons. The lowest BCUT2D eigenvalue weighted by atomic mass is 10.1. The third-order valence-electron chi connectivity index (χ3n) is 1.60. The van der Waals surface area contributed by atoms with E-state index in [1.807, 2.05) is 13.0 Å². The maximum absolute atomic E-state index is 9.30. The zero-order valence-corrected chi connectivity index (χ0v) is 7.52. The van der Waals surface area contributed by atoms with Crippen molar-refractivity contribution in [3.8, 4) is 17.6 Å². The van der Waals surface area contributed by atoms with Crippen molar-refractivity contribution >= 4 is 11.6 Å². The molecule has 2 heteroatoms. The second-order valence-electron chi connectivity index (χ2n) is 2.39. The third kappa shape index (κ3) is 1.93. The Morgan fingerprint density at radius 3 is 2.92 bits per heavy atom. The van der Waals surface area contributed by atoms with Crippen LogP contribution in [0, 0.1) is 18.8 Å². The second-order valence-corrected chi connectivity index (χ2v) is 2.65. The molecule has 0 aliphatic rings. The molecule has 0 aliphatic carbocycles. The summed E-state index contributed by atoms with van der Waals surface area (Å²) in [6, 6.07) is 5.26. The van der Waals surface area contributed by atoms with Crippen LogP contribution in [0.25, 0.3) is 0 Å². The zero-order chi connectivity index (χ0) is 8.97. The maximum atomic E-state index is 9.30. The first-order valence-electron chi connectivity index (χ1n) is 3.59. The van der Waals surface area contributed by atoms with Crippen LogP contribution in [0.15, 0.2) is 18.2 Å². The van der Waals surface area contributed by atoms with Gasteiger partial charge in [-0.3, -0.25) is 0 Å². The van der Waals surface area contributed by atoms with Crippen LogP contribution < -0.4 is 0 Å². The topological polar surface area (TPSA) is 20.2 Å². The van der Waals surface area contributed by atoms with Crippen LogP contribution in [0.2, 0.25) is 0 Å². The standard InChI is InChI=1S/C10H9ClO/c1-8-9(5-3-7-11)4-2-6-10(8)12/h2,4,6,12H,7H2,1H3. The summed E-state index contributed by atoms with van der Waals surface area (Å²) in [6.07, 6.45) is 0. The van der Waals surface area contributed by atoms with Crippen LogP contribution in [-0.2, 0) is 0 Å². The zero-order valence-electron chi connectivity index (χ0n) is 6.76. The Morgan fingerprint density at radius 1 is 1.50 bits per heavy atom. The molecule has 0 saturated carbocycles. The van der Waals surface area contributed by atoms with Gasteiger partial charge in [0.1, 0.15) is 5.75 Å². The Bertz CT molecular complexity index is 333. The smallest absolute Gasteiger partial charge is 0.119 e. The van der Waals surface area contributed by atoms with Gasteiger partial charge in [0.25, 0.3) is 0 Å². The van der Waals surface area contributed by atoms with Gasteiger partial charge in [-0.05, 0) is 19.1 Å². The summed E-state index contributed by atoms with van der Waals surface area (Å²) in [4.78, 5) is 0. The van der Waals surface area contributed by atoms with E-state index < -0.39 is 0 Å². The average Bonchev–Trinajstić information content (AvgIpc) is 2.08. The van der Waals surface area contributed by atoms with E-state index in [2.05, 4.69) is 11.8 Å². The quantitative estimate of drug-likeness (QED) is 0.480. The number of halogens is 1. The van der Waals surface area contributed by atoms with E-state index in [9.17, 15) is 5.11 Å². The van der Waals surface area contributed by atoms with Gasteiger partial charge in [0.2, 0.25) is 0 Å². The fourth-order valence-electron chi connectivity index (χ4n) is 0.888. The average molecular weight is 181 g/mol. The van der Waals surface area contributed by atoms with Crippen molar-refractivity contribution < 1.29 is 5.11 Å². The van der Waals surface area contributed by atoms with Crippen molar-refractivity contribution in [1.82, 2.24) is 0 Å². The lowest BCUT2D eigenvalue weighted by Gasteiger charge is -1.99. The predicted molar refractivity (Wildman–Crippen MR) is 50.4 cm³/mol. The molecular formula is C10H9ClO. The highest BCUT2D eigenvalue weighted by Gasteiger charge is 1.97. The molecule has 0 spiro atoms. The number of benzene rings is 1. The highest BCUT2D eigenvalue weighted by atomic mass is 35.5. The van der Waals surface area contributed by atoms with Gasteiger partial charge in [-0.15, -0.1) is 11.6 Å². The van der Waals surface area contributed by atoms with E-state index in [4.69, 9.17) is 11.6 Å². The number of phenols is 1. The third-order valence-corrected chi connectivity index (χ3v) is 1.73. The monoisotopic (exact) mass is 180 g/mol. The van der Waals surface area contributed by atoms with Crippen LogP contribution in [0.1, 0.15) is 11.1 Å². The molecule has 0 amide bonds. The summed E-state index contributed by atoms with van der Waals surface area (Å²) in [6.45, 7) is 1.83. The number of aromatic hydroxyl groups is 1. The molecule has 1 aromatic rings. The normalized spacial score (nSPS) is 8.83. The molecule has 0 fully saturated rings. The van der Waals surface area contributed by atoms with Gasteiger partial charge in [-0.25, -0.2) is 0 Å². The van der Waals surface area contributed by atoms with Crippen LogP contribution >= 0.6 is 11.6 Å². The van der Waals surface area contributed by atoms with Crippen LogP contribution in [-0.4, -0.2) is 11.0 Å². The largest absolute Gasteiger partial charge is 0.508 e. The summed E-state index contributed by atoms with van der Waals surface area (Å²) in [5.41, 5.74) is 1.63. The lowest BCUT2D eigenvalue weighted by molar-refractivity contribution is 0.471. The minimum atomic E-state index is 0.274. The van der Waals surface area contributed by atoms with Crippen molar-refractivity contribution in [2.45, 2.75) is 6.92 Å². The summed E-state index contributed by atoms with van der Waals surface area (Å²) in [7, 11) is 0. The molecule has 0 bridgehead atoms. The second kappa shape index (κ2) is 4.04. The van der Waals surface area contributed by atoms with Crippen molar-refractivity contribution in [2.75, 3.05) is 5.88 Å². The first-order valence-corrected chi connectivity index (χ1v) is 4.12. The summed E-state index contributed by atoms with van der Waals surface area (Å²) < 4.78 is 0. The number of phenolic OH excluding ortho intramolecular Hbond substituents is 1. The molecular weight excluding hydrogens is 172 g/mol. The number of hydrogen-bond acceptors (Lipinski definition) is 1. The molecule has 0 aromatic heterocycles. The first-order chi connectivity index (χ1) is 5.75. The molecule has 0 saturated heterocycles. The Labute approximate surface area is 77.0 Å². The van der Waals surface area contributed by atoms with E-state index >= 15 is 0 Å². The number of rotatable bonds is 0. The number of hydrogen-bond donors (Lipinski definition) is 1. The van der Waals surface area contributed by atoms with Crippen LogP contribution in [0.4, 0.5) is 0 Å². The first kappa shape index (κ1) is 8.96. The molecule has 1 N–H and O–H groups in total. The molecule has 1 aromatic carbocycles. The van der Waals surface area contributed by atoms with E-state index in [1.165, 1.54) is 0 Å². The van der Waals surface area contributed by atoms with Crippen LogP contribution in [0.3, 0.4) is 0 Å². The van der Waals surface area contributed by atoms with Gasteiger partial charge in [-0.1, -0.05) is 17.9 Å². The van der Waals surface area contributed by atoms with Gasteiger partial charge in [0, 0.05) is 11.1 Å². The van der Waals surface area contributed by atoms with Crippen molar-refractivity contribution in [1.29, 1.82) is 0 Å². The van der Waals surface area contributed by atoms with E-state index in [-0.39, 0.29) is 5.75 Å². The van der Waals surface area contributed by atoms with Gasteiger partial charge in [0.15, 0.2) is 0 Å². The fourth-order valence-corrected chi connectivity index (χ4v) is 0.954. The highest BCUT2D eigenvalue weighted by molar-refractivity contribution is 6.19. The van der Waals surface area contributed by atoms with Gasteiger partial charge >= 0.3 is 0 Å².